The van der Waals surface area contributed by atoms with Gasteiger partial charge < -0.3 is 15.5 Å². The number of hydrogen-bond acceptors (Lipinski definition) is 2. The Hall–Kier alpha value is -1.19. The van der Waals surface area contributed by atoms with Gasteiger partial charge in [-0.3, -0.25) is 4.57 Å². The number of nitrogens with two attached hydrogens (primary N) is 1. The van der Waals surface area contributed by atoms with E-state index in [1.54, 1.807) is 12.1 Å². The molecular weight excluding hydrogens is 237 g/mol. The SMILES string of the molecule is C[C@](N)(c1cccc2ccccc12)P(=O)(O)O. The Morgan fingerprint density at radius 1 is 1.12 bits per heavy atom. The van der Waals surface area contributed by atoms with Crippen LogP contribution in [0.3, 0.4) is 0 Å². The van der Waals surface area contributed by atoms with E-state index in [-0.39, 0.29) is 0 Å². The number of hydrogen-bond donors (Lipinski definition) is 3. The first-order valence-electron chi connectivity index (χ1n) is 5.17. The highest BCUT2D eigenvalue weighted by Gasteiger charge is 2.41. The van der Waals surface area contributed by atoms with Crippen LogP contribution in [0.1, 0.15) is 12.5 Å². The highest BCUT2D eigenvalue weighted by molar-refractivity contribution is 7.53. The highest BCUT2D eigenvalue weighted by atomic mass is 31.2. The summed E-state index contributed by atoms with van der Waals surface area (Å²) < 4.78 is 11.5. The molecule has 0 bridgehead atoms. The van der Waals surface area contributed by atoms with Crippen molar-refractivity contribution in [3.63, 3.8) is 0 Å². The summed E-state index contributed by atoms with van der Waals surface area (Å²) in [5, 5.41) is 0.00637. The van der Waals surface area contributed by atoms with Gasteiger partial charge in [0.25, 0.3) is 0 Å². The summed E-state index contributed by atoms with van der Waals surface area (Å²) in [6, 6.07) is 12.7. The minimum Gasteiger partial charge on any atom is -0.323 e. The molecule has 4 N–H and O–H groups in total. The molecule has 1 atom stereocenters. The maximum atomic E-state index is 11.5. The van der Waals surface area contributed by atoms with Crippen molar-refractivity contribution in [2.24, 2.45) is 5.73 Å². The monoisotopic (exact) mass is 251 g/mol. The Morgan fingerprint density at radius 2 is 1.71 bits per heavy atom. The molecule has 0 heterocycles. The zero-order chi connectivity index (χ0) is 12.7. The van der Waals surface area contributed by atoms with Gasteiger partial charge >= 0.3 is 7.60 Å². The molecule has 0 radical (unpaired) electrons. The third-order valence-electron chi connectivity index (χ3n) is 2.94. The molecule has 0 aliphatic heterocycles. The second kappa shape index (κ2) is 3.93. The fraction of sp³-hybridized carbons (Fsp3) is 0.167. The Bertz CT molecular complexity index is 598. The van der Waals surface area contributed by atoms with Crippen molar-refractivity contribution in [1.82, 2.24) is 0 Å². The summed E-state index contributed by atoms with van der Waals surface area (Å²) in [5.41, 5.74) is 6.28. The lowest BCUT2D eigenvalue weighted by molar-refractivity contribution is 0.334. The van der Waals surface area contributed by atoms with Gasteiger partial charge in [0.05, 0.1) is 0 Å². The molecule has 0 spiro atoms. The average Bonchev–Trinajstić information content (AvgIpc) is 2.26. The summed E-state index contributed by atoms with van der Waals surface area (Å²) in [7, 11) is -4.42. The van der Waals surface area contributed by atoms with Gasteiger partial charge in [0.1, 0.15) is 5.28 Å². The molecule has 0 aromatic heterocycles. The van der Waals surface area contributed by atoms with E-state index in [1.165, 1.54) is 6.92 Å². The molecule has 0 aliphatic carbocycles. The van der Waals surface area contributed by atoms with Crippen LogP contribution in [0.15, 0.2) is 42.5 Å². The van der Waals surface area contributed by atoms with Crippen molar-refractivity contribution in [3.8, 4) is 0 Å². The van der Waals surface area contributed by atoms with Crippen LogP contribution in [0.4, 0.5) is 0 Å². The number of fused-ring (bicyclic) bond motifs is 1. The van der Waals surface area contributed by atoms with Gasteiger partial charge in [-0.15, -0.1) is 0 Å². The van der Waals surface area contributed by atoms with Gasteiger partial charge in [-0.2, -0.15) is 0 Å². The lowest BCUT2D eigenvalue weighted by atomic mass is 10.00. The zero-order valence-electron chi connectivity index (χ0n) is 9.37. The van der Waals surface area contributed by atoms with E-state index in [1.807, 2.05) is 30.3 Å². The van der Waals surface area contributed by atoms with Gasteiger partial charge in [-0.25, -0.2) is 0 Å². The van der Waals surface area contributed by atoms with Gasteiger partial charge in [0.2, 0.25) is 0 Å². The van der Waals surface area contributed by atoms with Gasteiger partial charge in [-0.1, -0.05) is 42.5 Å². The van der Waals surface area contributed by atoms with Crippen LogP contribution >= 0.6 is 7.60 Å². The molecule has 2 rings (SSSR count). The van der Waals surface area contributed by atoms with E-state index < -0.39 is 12.9 Å². The zero-order valence-corrected chi connectivity index (χ0v) is 10.3. The summed E-state index contributed by atoms with van der Waals surface area (Å²) in [5.74, 6) is 0. The second-order valence-electron chi connectivity index (χ2n) is 4.22. The Labute approximate surface area is 99.2 Å². The van der Waals surface area contributed by atoms with Crippen LogP contribution < -0.4 is 5.73 Å². The molecule has 2 aromatic rings. The maximum absolute atomic E-state index is 11.5. The minimum atomic E-state index is -4.42. The predicted octanol–water partition coefficient (Wildman–Crippen LogP) is 2.15. The Balaban J connectivity index is 2.76. The third-order valence-corrected chi connectivity index (χ3v) is 4.39. The number of benzene rings is 2. The summed E-state index contributed by atoms with van der Waals surface area (Å²) in [6.07, 6.45) is 0. The quantitative estimate of drug-likeness (QED) is 0.714. The van der Waals surface area contributed by atoms with E-state index in [0.717, 1.165) is 10.8 Å². The van der Waals surface area contributed by atoms with Crippen LogP contribution in [-0.2, 0) is 9.85 Å². The van der Waals surface area contributed by atoms with Crippen LogP contribution in [0.5, 0.6) is 0 Å². The fourth-order valence-electron chi connectivity index (χ4n) is 1.82. The van der Waals surface area contributed by atoms with Gasteiger partial charge in [0.15, 0.2) is 0 Å². The van der Waals surface area contributed by atoms with Crippen LogP contribution in [0, 0.1) is 0 Å². The molecule has 0 saturated carbocycles. The molecular formula is C12H14NO3P. The van der Waals surface area contributed by atoms with Crippen molar-refractivity contribution in [2.45, 2.75) is 12.2 Å². The van der Waals surface area contributed by atoms with E-state index in [4.69, 9.17) is 5.73 Å². The third kappa shape index (κ3) is 2.01. The van der Waals surface area contributed by atoms with Crippen molar-refractivity contribution in [2.75, 3.05) is 0 Å². The van der Waals surface area contributed by atoms with Crippen LogP contribution in [0.25, 0.3) is 10.8 Å². The van der Waals surface area contributed by atoms with Crippen molar-refractivity contribution in [1.29, 1.82) is 0 Å². The fourth-order valence-corrected chi connectivity index (χ4v) is 2.33. The Kier molecular flexibility index (Phi) is 2.84. The lowest BCUT2D eigenvalue weighted by Gasteiger charge is -2.27. The molecule has 0 aliphatic rings. The molecule has 90 valence electrons. The molecule has 4 nitrogen and oxygen atoms in total. The van der Waals surface area contributed by atoms with Crippen LogP contribution in [-0.4, -0.2) is 9.79 Å². The lowest BCUT2D eigenvalue weighted by Crippen LogP contribution is -2.32. The predicted molar refractivity (Wildman–Crippen MR) is 67.5 cm³/mol. The average molecular weight is 251 g/mol. The maximum Gasteiger partial charge on any atom is 0.349 e. The second-order valence-corrected chi connectivity index (χ2v) is 6.24. The minimum absolute atomic E-state index is 0.462. The van der Waals surface area contributed by atoms with Crippen molar-refractivity contribution >= 4 is 18.4 Å². The molecule has 5 heteroatoms. The molecule has 0 saturated heterocycles. The van der Waals surface area contributed by atoms with Gasteiger partial charge in [0, 0.05) is 0 Å². The largest absolute Gasteiger partial charge is 0.349 e. The molecule has 0 fully saturated rings. The normalized spacial score (nSPS) is 15.8. The summed E-state index contributed by atoms with van der Waals surface area (Å²) in [4.78, 5) is 18.7. The smallest absolute Gasteiger partial charge is 0.323 e. The first kappa shape index (κ1) is 12.3. The summed E-state index contributed by atoms with van der Waals surface area (Å²) in [6.45, 7) is 1.36. The first-order valence-corrected chi connectivity index (χ1v) is 6.78. The molecule has 2 aromatic carbocycles. The Morgan fingerprint density at radius 3 is 2.35 bits per heavy atom. The van der Waals surface area contributed by atoms with Crippen LogP contribution in [0.2, 0.25) is 0 Å². The standard InChI is InChI=1S/C12H14NO3P/c1-12(13,17(14,15)16)11-8-4-6-9-5-2-3-7-10(9)11/h2-8H,13H2,1H3,(H2,14,15,16)/t12-/m1/s1. The molecule has 17 heavy (non-hydrogen) atoms. The van der Waals surface area contributed by atoms with E-state index in [0.29, 0.717) is 5.56 Å². The van der Waals surface area contributed by atoms with Crippen molar-refractivity contribution in [3.05, 3.63) is 48.0 Å². The van der Waals surface area contributed by atoms with Gasteiger partial charge in [-0.05, 0) is 23.3 Å². The first-order chi connectivity index (χ1) is 7.84. The molecule has 0 unspecified atom stereocenters. The number of rotatable bonds is 2. The van der Waals surface area contributed by atoms with E-state index in [2.05, 4.69) is 0 Å². The topological polar surface area (TPSA) is 83.6 Å². The van der Waals surface area contributed by atoms with E-state index >= 15 is 0 Å². The highest BCUT2D eigenvalue weighted by Crippen LogP contribution is 2.54. The van der Waals surface area contributed by atoms with E-state index in [9.17, 15) is 14.4 Å². The summed E-state index contributed by atoms with van der Waals surface area (Å²) >= 11 is 0. The van der Waals surface area contributed by atoms with Crippen molar-refractivity contribution < 1.29 is 14.4 Å². The molecule has 0 amide bonds.